The molecule has 0 aromatic heterocycles. The Balaban J connectivity index is 1.38. The number of ether oxygens (including phenoxy) is 5. The normalized spacial score (nSPS) is 22.3. The summed E-state index contributed by atoms with van der Waals surface area (Å²) in [6, 6.07) is 14.9. The largest absolute Gasteiger partial charge is 0.454 e. The Bertz CT molecular complexity index is 1450. The van der Waals surface area contributed by atoms with E-state index in [1.807, 2.05) is 44.2 Å². The Hall–Kier alpha value is -3.41. The summed E-state index contributed by atoms with van der Waals surface area (Å²) < 4.78 is 56.9. The van der Waals surface area contributed by atoms with Crippen LogP contribution in [0.1, 0.15) is 38.7 Å². The second-order valence-corrected chi connectivity index (χ2v) is 14.0. The molecule has 5 atom stereocenters. The van der Waals surface area contributed by atoms with Crippen molar-refractivity contribution in [2.24, 2.45) is 11.3 Å². The topological polar surface area (TPSA) is 157 Å². The molecule has 2 aromatic rings. The van der Waals surface area contributed by atoms with Gasteiger partial charge in [0.2, 0.25) is 16.8 Å². The van der Waals surface area contributed by atoms with Crippen molar-refractivity contribution in [3.05, 3.63) is 54.1 Å². The maximum Gasteiger partial charge on any atom is 0.407 e. The van der Waals surface area contributed by atoms with Gasteiger partial charge in [-0.2, -0.15) is 9.57 Å². The highest BCUT2D eigenvalue weighted by molar-refractivity contribution is 7.89. The minimum atomic E-state index is -4.16. The smallest absolute Gasteiger partial charge is 0.407 e. The molecule has 44 heavy (non-hydrogen) atoms. The summed E-state index contributed by atoms with van der Waals surface area (Å²) in [5, 5.41) is 23.6. The van der Waals surface area contributed by atoms with Crippen molar-refractivity contribution >= 4 is 16.1 Å². The number of nitrogens with zero attached hydrogens (tertiary/aromatic N) is 2. The molecular formula is C31H39N3O9S. The lowest BCUT2D eigenvalue weighted by atomic mass is 9.88. The molecule has 3 heterocycles. The lowest BCUT2D eigenvalue weighted by molar-refractivity contribution is -0.0907. The quantitative estimate of drug-likeness (QED) is 0.337. The molecule has 3 aliphatic heterocycles. The van der Waals surface area contributed by atoms with E-state index in [0.29, 0.717) is 30.9 Å². The van der Waals surface area contributed by atoms with Gasteiger partial charge >= 0.3 is 6.09 Å². The molecule has 0 saturated carbocycles. The molecule has 1 amide bonds. The van der Waals surface area contributed by atoms with Gasteiger partial charge in [-0.05, 0) is 42.4 Å². The van der Waals surface area contributed by atoms with Crippen molar-refractivity contribution in [3.8, 4) is 17.6 Å². The fourth-order valence-corrected chi connectivity index (χ4v) is 7.40. The molecule has 2 N–H and O–H groups in total. The van der Waals surface area contributed by atoms with Crippen molar-refractivity contribution in [1.29, 1.82) is 5.26 Å². The van der Waals surface area contributed by atoms with Crippen LogP contribution in [-0.2, 0) is 30.7 Å². The number of amides is 1. The van der Waals surface area contributed by atoms with Gasteiger partial charge in [0.25, 0.3) is 0 Å². The predicted molar refractivity (Wildman–Crippen MR) is 157 cm³/mol. The summed E-state index contributed by atoms with van der Waals surface area (Å²) >= 11 is 0. The van der Waals surface area contributed by atoms with Crippen LogP contribution in [0.2, 0.25) is 0 Å². The Morgan fingerprint density at radius 2 is 1.95 bits per heavy atom. The Labute approximate surface area is 257 Å². The zero-order valence-corrected chi connectivity index (χ0v) is 25.7. The van der Waals surface area contributed by atoms with Gasteiger partial charge in [-0.1, -0.05) is 44.2 Å². The van der Waals surface area contributed by atoms with E-state index in [1.165, 1.54) is 22.5 Å². The van der Waals surface area contributed by atoms with Gasteiger partial charge < -0.3 is 34.1 Å². The molecule has 0 unspecified atom stereocenters. The first kappa shape index (κ1) is 32.0. The van der Waals surface area contributed by atoms with Crippen molar-refractivity contribution in [1.82, 2.24) is 9.62 Å². The van der Waals surface area contributed by atoms with Gasteiger partial charge in [-0.25, -0.2) is 13.2 Å². The number of aliphatic hydroxyl groups is 1. The molecule has 12 nitrogen and oxygen atoms in total. The number of benzene rings is 2. The second-order valence-electron chi connectivity index (χ2n) is 12.1. The standard InChI is InChI=1S/C31H39N3O9S/c1-31(2,12-6-13-32)19-34(44(37,38)22-9-10-26-27(16-22)42-20-41-26)17-25(35)24(15-21-7-4-3-5-8-21)33-30(36)43-28-18-40-29-23(28)11-14-39-29/h3-5,7-10,16,23-25,28-29,35H,6,11-12,14-15,17-20H2,1-2H3,(H,33,36)/t23-,24-,25-,28-,29+/m0/s1. The van der Waals surface area contributed by atoms with Crippen LogP contribution in [0.5, 0.6) is 11.5 Å². The molecule has 3 aliphatic rings. The number of nitrogens with one attached hydrogen (secondary N) is 1. The summed E-state index contributed by atoms with van der Waals surface area (Å²) in [4.78, 5) is 13.1. The van der Waals surface area contributed by atoms with Gasteiger partial charge in [-0.3, -0.25) is 0 Å². The number of hydrogen-bond acceptors (Lipinski definition) is 10. The first-order chi connectivity index (χ1) is 21.1. The number of carbonyl (C=O) groups is 1. The Morgan fingerprint density at radius 1 is 1.18 bits per heavy atom. The number of rotatable bonds is 13. The van der Waals surface area contributed by atoms with Gasteiger partial charge in [-0.15, -0.1) is 0 Å². The van der Waals surface area contributed by atoms with Gasteiger partial charge in [0.1, 0.15) is 6.10 Å². The van der Waals surface area contributed by atoms with Crippen LogP contribution in [0.3, 0.4) is 0 Å². The van der Waals surface area contributed by atoms with E-state index in [-0.39, 0.29) is 50.1 Å². The lowest BCUT2D eigenvalue weighted by Crippen LogP contribution is -2.52. The monoisotopic (exact) mass is 629 g/mol. The third kappa shape index (κ3) is 7.62. The summed E-state index contributed by atoms with van der Waals surface area (Å²) in [6.07, 6.45) is -1.30. The molecular weight excluding hydrogens is 590 g/mol. The van der Waals surface area contributed by atoms with Gasteiger partial charge in [0, 0.05) is 25.6 Å². The van der Waals surface area contributed by atoms with E-state index in [2.05, 4.69) is 11.4 Å². The summed E-state index contributed by atoms with van der Waals surface area (Å²) in [5.41, 5.74) is 0.243. The molecule has 2 aromatic carbocycles. The van der Waals surface area contributed by atoms with Crippen LogP contribution in [0.4, 0.5) is 4.79 Å². The predicted octanol–water partition coefficient (Wildman–Crippen LogP) is 3.20. The summed E-state index contributed by atoms with van der Waals surface area (Å²) in [5.74, 6) is 0.697. The average Bonchev–Trinajstić information content (AvgIpc) is 3.74. The average molecular weight is 630 g/mol. The fraction of sp³-hybridized carbons (Fsp3) is 0.548. The summed E-state index contributed by atoms with van der Waals surface area (Å²) in [7, 11) is -4.16. The van der Waals surface area contributed by atoms with E-state index >= 15 is 0 Å². The third-order valence-corrected chi connectivity index (χ3v) is 10.0. The van der Waals surface area contributed by atoms with Crippen molar-refractivity contribution in [2.45, 2.75) is 69.0 Å². The molecule has 238 valence electrons. The second kappa shape index (κ2) is 13.7. The van der Waals surface area contributed by atoms with Crippen LogP contribution in [0.25, 0.3) is 0 Å². The number of alkyl carbamates (subject to hydrolysis) is 1. The molecule has 13 heteroatoms. The van der Waals surface area contributed by atoms with E-state index in [9.17, 15) is 23.6 Å². The molecule has 2 fully saturated rings. The highest BCUT2D eigenvalue weighted by Crippen LogP contribution is 2.36. The molecule has 0 spiro atoms. The molecule has 5 rings (SSSR count). The number of carbonyl (C=O) groups excluding carboxylic acids is 1. The zero-order valence-electron chi connectivity index (χ0n) is 24.9. The number of sulfonamides is 1. The van der Waals surface area contributed by atoms with Crippen LogP contribution in [0, 0.1) is 22.7 Å². The fourth-order valence-electron chi connectivity index (χ4n) is 5.74. The van der Waals surface area contributed by atoms with Gasteiger partial charge in [0.05, 0.1) is 42.2 Å². The lowest BCUT2D eigenvalue weighted by Gasteiger charge is -2.35. The van der Waals surface area contributed by atoms with E-state index < -0.39 is 46.1 Å². The number of aliphatic hydroxyl groups excluding tert-OH is 1. The van der Waals surface area contributed by atoms with Crippen molar-refractivity contribution in [3.63, 3.8) is 0 Å². The maximum atomic E-state index is 14.1. The highest BCUT2D eigenvalue weighted by atomic mass is 32.2. The summed E-state index contributed by atoms with van der Waals surface area (Å²) in [6.45, 7) is 4.19. The molecule has 0 bridgehead atoms. The van der Waals surface area contributed by atoms with Crippen LogP contribution >= 0.6 is 0 Å². The van der Waals surface area contributed by atoms with Crippen molar-refractivity contribution < 1.29 is 42.0 Å². The molecule has 0 aliphatic carbocycles. The minimum Gasteiger partial charge on any atom is -0.454 e. The van der Waals surface area contributed by atoms with Crippen LogP contribution < -0.4 is 14.8 Å². The molecule has 0 radical (unpaired) electrons. The van der Waals surface area contributed by atoms with E-state index in [4.69, 9.17) is 23.7 Å². The Morgan fingerprint density at radius 3 is 2.73 bits per heavy atom. The van der Waals surface area contributed by atoms with Crippen LogP contribution in [0.15, 0.2) is 53.4 Å². The maximum absolute atomic E-state index is 14.1. The van der Waals surface area contributed by atoms with E-state index in [1.54, 1.807) is 0 Å². The minimum absolute atomic E-state index is 0.00715. The Kier molecular flexibility index (Phi) is 9.97. The third-order valence-electron chi connectivity index (χ3n) is 8.20. The zero-order chi connectivity index (χ0) is 31.3. The van der Waals surface area contributed by atoms with Crippen LogP contribution in [-0.4, -0.2) is 81.6 Å². The highest BCUT2D eigenvalue weighted by Gasteiger charge is 2.44. The number of hydrogen-bond donors (Lipinski definition) is 2. The number of nitriles is 1. The number of fused-ring (bicyclic) bond motifs is 2. The first-order valence-electron chi connectivity index (χ1n) is 14.7. The van der Waals surface area contributed by atoms with E-state index in [0.717, 1.165) is 5.56 Å². The SMILES string of the molecule is CC(C)(CCC#N)CN(C[C@H](O)[C@H](Cc1ccccc1)NC(=O)O[C@H]1CO[C@H]2OCC[C@H]21)S(=O)(=O)c1ccc2c(c1)OCO2. The molecule has 2 saturated heterocycles. The first-order valence-corrected chi connectivity index (χ1v) is 16.2. The van der Waals surface area contributed by atoms with Gasteiger partial charge in [0.15, 0.2) is 17.8 Å². The van der Waals surface area contributed by atoms with Crippen molar-refractivity contribution in [2.75, 3.05) is 33.1 Å².